The van der Waals surface area contributed by atoms with Crippen LogP contribution in [0.15, 0.2) is 47.6 Å². The third kappa shape index (κ3) is 4.26. The molecule has 0 saturated heterocycles. The number of hydrogen-bond donors (Lipinski definition) is 0. The van der Waals surface area contributed by atoms with Crippen molar-refractivity contribution in [3.05, 3.63) is 64.9 Å². The number of terminal acetylenes is 1. The normalized spacial score (nSPS) is 14.2. The van der Waals surface area contributed by atoms with Gasteiger partial charge in [0.25, 0.3) is 6.43 Å². The van der Waals surface area contributed by atoms with E-state index < -0.39 is 13.0 Å². The number of hydrogen-bond acceptors (Lipinski definition) is 1. The van der Waals surface area contributed by atoms with Crippen molar-refractivity contribution < 1.29 is 41.5 Å². The van der Waals surface area contributed by atoms with Gasteiger partial charge in [0.2, 0.25) is 0 Å². The second kappa shape index (κ2) is 7.89. The van der Waals surface area contributed by atoms with Gasteiger partial charge in [0.15, 0.2) is 0 Å². The molecule has 105 valence electrons. The first-order valence-corrected chi connectivity index (χ1v) is 6.22. The minimum atomic E-state index is -2.50. The second-order valence-electron chi connectivity index (χ2n) is 4.16. The van der Waals surface area contributed by atoms with Crippen molar-refractivity contribution >= 4 is 17.3 Å². The molecule has 0 aromatic heterocycles. The Bertz CT molecular complexity index is 627. The molecule has 0 N–H and O–H groups in total. The van der Waals surface area contributed by atoms with Crippen LogP contribution in [0.4, 0.5) is 8.78 Å². The van der Waals surface area contributed by atoms with Gasteiger partial charge in [-0.05, 0) is 10.7 Å². The molecule has 1 nitrogen and oxygen atoms in total. The molecule has 1 aliphatic heterocycles. The van der Waals surface area contributed by atoms with E-state index in [0.29, 0.717) is 16.4 Å². The van der Waals surface area contributed by atoms with E-state index in [9.17, 15) is 8.78 Å². The van der Waals surface area contributed by atoms with Crippen LogP contribution >= 0.6 is 11.6 Å². The van der Waals surface area contributed by atoms with Crippen LogP contribution in [0.5, 0.6) is 0 Å². The van der Waals surface area contributed by atoms with Crippen molar-refractivity contribution in [2.75, 3.05) is 6.54 Å². The van der Waals surface area contributed by atoms with Crippen molar-refractivity contribution in [2.45, 2.75) is 6.43 Å². The van der Waals surface area contributed by atoms with Gasteiger partial charge in [0.05, 0.1) is 6.54 Å². The molecule has 21 heavy (non-hydrogen) atoms. The Morgan fingerprint density at radius 2 is 1.95 bits per heavy atom. The van der Waals surface area contributed by atoms with Crippen LogP contribution < -0.4 is 0 Å². The zero-order valence-electron chi connectivity index (χ0n) is 11.1. The molecule has 0 fully saturated rings. The maximum absolute atomic E-state index is 12.7. The Morgan fingerprint density at radius 3 is 2.48 bits per heavy atom. The smallest absolute Gasteiger partial charge is 0.256 e. The van der Waals surface area contributed by atoms with Crippen molar-refractivity contribution in [1.29, 1.82) is 0 Å². The summed E-state index contributed by atoms with van der Waals surface area (Å²) in [4.78, 5) is 1.36. The Kier molecular flexibility index (Phi) is 6.80. The minimum absolute atomic E-state index is 0. The Balaban J connectivity index is 0.00000220. The number of halogens is 3. The van der Waals surface area contributed by atoms with Gasteiger partial charge in [-0.2, -0.15) is 23.8 Å². The van der Waals surface area contributed by atoms with E-state index in [1.807, 2.05) is 0 Å². The number of benzene rings is 1. The van der Waals surface area contributed by atoms with E-state index in [1.165, 1.54) is 11.0 Å². The van der Waals surface area contributed by atoms with Crippen molar-refractivity contribution in [3.63, 3.8) is 0 Å². The zero-order chi connectivity index (χ0) is 14.7. The van der Waals surface area contributed by atoms with Crippen molar-refractivity contribution in [2.24, 2.45) is 0 Å². The van der Waals surface area contributed by atoms with E-state index in [0.717, 1.165) is 11.1 Å². The number of allylic oxidation sites excluding steroid dienone is 3. The van der Waals surface area contributed by atoms with Crippen LogP contribution in [-0.4, -0.2) is 17.9 Å². The van der Waals surface area contributed by atoms with Crippen LogP contribution in [0.25, 0.3) is 5.70 Å². The molecular weight excluding hydrogens is 369 g/mol. The molecule has 0 atom stereocenters. The van der Waals surface area contributed by atoms with E-state index >= 15 is 0 Å². The van der Waals surface area contributed by atoms with Crippen LogP contribution in [0.1, 0.15) is 11.1 Å². The fourth-order valence-electron chi connectivity index (χ4n) is 1.86. The van der Waals surface area contributed by atoms with E-state index in [4.69, 9.17) is 18.0 Å². The van der Waals surface area contributed by atoms with Crippen LogP contribution in [-0.2, 0) is 32.7 Å². The summed E-state index contributed by atoms with van der Waals surface area (Å²) >= 11 is 5.92. The summed E-state index contributed by atoms with van der Waals surface area (Å²) in [6, 6.07) is 7.01. The second-order valence-corrected chi connectivity index (χ2v) is 4.56. The molecule has 0 saturated carbocycles. The van der Waals surface area contributed by atoms with E-state index in [1.54, 1.807) is 24.3 Å². The van der Waals surface area contributed by atoms with Gasteiger partial charge in [-0.25, -0.2) is 8.78 Å². The fourth-order valence-corrected chi connectivity index (χ4v) is 2.02. The summed E-state index contributed by atoms with van der Waals surface area (Å²) in [7, 11) is 0. The largest absolute Gasteiger partial charge is 0.368 e. The molecule has 1 radical (unpaired) electrons. The fraction of sp³-hybridized carbons (Fsp3) is 0.125. The summed E-state index contributed by atoms with van der Waals surface area (Å²) in [5.74, 6) is 2.50. The molecular formula is C16H11ClF2NY-. The molecule has 1 aromatic rings. The summed E-state index contributed by atoms with van der Waals surface area (Å²) in [6.45, 7) is 3.25. The molecule has 1 aromatic carbocycles. The zero-order valence-corrected chi connectivity index (χ0v) is 14.7. The van der Waals surface area contributed by atoms with Gasteiger partial charge in [-0.15, -0.1) is 18.6 Å². The molecule has 1 heterocycles. The average molecular weight is 380 g/mol. The van der Waals surface area contributed by atoms with E-state index in [-0.39, 0.29) is 32.7 Å². The van der Waals surface area contributed by atoms with Crippen LogP contribution in [0, 0.1) is 18.4 Å². The van der Waals surface area contributed by atoms with Gasteiger partial charge in [0.1, 0.15) is 0 Å². The van der Waals surface area contributed by atoms with Crippen molar-refractivity contribution in [1.82, 2.24) is 4.90 Å². The predicted molar refractivity (Wildman–Crippen MR) is 76.8 cm³/mol. The molecule has 0 bridgehead atoms. The third-order valence-corrected chi connectivity index (χ3v) is 3.18. The van der Waals surface area contributed by atoms with Gasteiger partial charge in [-0.3, -0.25) is 0 Å². The number of alkyl halides is 2. The number of rotatable bonds is 3. The maximum atomic E-state index is 12.7. The molecule has 1 aliphatic rings. The molecule has 0 amide bonds. The quantitative estimate of drug-likeness (QED) is 0.566. The standard InChI is InChI=1S/C16H11ClF2N.Y/c1-3-12-4-6-13(7-5-12)15-9-8-14(17)11(2)20(15)10-16(18)19;/h1,4-8,16H,2,10H2;/q-1;. The Hall–Kier alpha value is -0.946. The first-order valence-electron chi connectivity index (χ1n) is 5.84. The molecule has 5 heteroatoms. The van der Waals surface area contributed by atoms with Gasteiger partial charge >= 0.3 is 0 Å². The monoisotopic (exact) mass is 379 g/mol. The van der Waals surface area contributed by atoms with Crippen molar-refractivity contribution in [3.8, 4) is 12.3 Å². The Labute approximate surface area is 153 Å². The first-order chi connectivity index (χ1) is 9.52. The maximum Gasteiger partial charge on any atom is 0.256 e. The van der Waals surface area contributed by atoms with E-state index in [2.05, 4.69) is 18.6 Å². The predicted octanol–water partition coefficient (Wildman–Crippen LogP) is 4.03. The first kappa shape index (κ1) is 18.1. The molecule has 0 spiro atoms. The van der Waals surface area contributed by atoms with Crippen LogP contribution in [0.3, 0.4) is 0 Å². The topological polar surface area (TPSA) is 3.24 Å². The number of nitrogens with zero attached hydrogens (tertiary/aromatic N) is 1. The summed E-state index contributed by atoms with van der Waals surface area (Å²) in [6.07, 6.45) is 7.22. The van der Waals surface area contributed by atoms with Gasteiger partial charge < -0.3 is 4.90 Å². The summed E-state index contributed by atoms with van der Waals surface area (Å²) in [5.41, 5.74) is 2.29. The SMILES string of the molecule is C#Cc1ccc(C2=[C-]C=C(Cl)C(=C)N2CC(F)F)cc1.[Y]. The molecule has 0 unspecified atom stereocenters. The minimum Gasteiger partial charge on any atom is -0.368 e. The van der Waals surface area contributed by atoms with Gasteiger partial charge in [0, 0.05) is 38.3 Å². The van der Waals surface area contributed by atoms with Crippen LogP contribution in [0.2, 0.25) is 0 Å². The third-order valence-electron chi connectivity index (χ3n) is 2.85. The average Bonchev–Trinajstić information content (AvgIpc) is 2.44. The molecule has 0 aliphatic carbocycles. The summed E-state index contributed by atoms with van der Waals surface area (Å²) in [5, 5.41) is 0.301. The molecule has 2 rings (SSSR count). The van der Waals surface area contributed by atoms with Gasteiger partial charge in [-0.1, -0.05) is 35.9 Å². The Morgan fingerprint density at radius 1 is 1.33 bits per heavy atom. The summed E-state index contributed by atoms with van der Waals surface area (Å²) < 4.78 is 25.4.